The van der Waals surface area contributed by atoms with Gasteiger partial charge in [-0.15, -0.1) is 0 Å². The van der Waals surface area contributed by atoms with Crippen LogP contribution in [0.1, 0.15) is 24.6 Å². The van der Waals surface area contributed by atoms with Crippen molar-refractivity contribution in [1.82, 2.24) is 14.9 Å². The second-order valence-electron chi connectivity index (χ2n) is 4.56. The molecule has 0 aliphatic carbocycles. The number of benzene rings is 1. The number of nitrogens with zero attached hydrogens (tertiary/aromatic N) is 2. The SMILES string of the molecule is Fc1cc(-n2cncc2[C@@H]2CCCN2)cc(F)c1F. The molecule has 100 valence electrons. The molecule has 1 saturated heterocycles. The topological polar surface area (TPSA) is 29.9 Å². The molecule has 0 bridgehead atoms. The summed E-state index contributed by atoms with van der Waals surface area (Å²) in [6.45, 7) is 0.905. The molecule has 1 aromatic carbocycles. The molecule has 1 fully saturated rings. The van der Waals surface area contributed by atoms with Crippen LogP contribution in [-0.2, 0) is 0 Å². The van der Waals surface area contributed by atoms with Gasteiger partial charge in [-0.25, -0.2) is 18.2 Å². The Kier molecular flexibility index (Phi) is 3.02. The zero-order valence-electron chi connectivity index (χ0n) is 10.0. The largest absolute Gasteiger partial charge is 0.309 e. The van der Waals surface area contributed by atoms with E-state index < -0.39 is 17.5 Å². The van der Waals surface area contributed by atoms with Crippen molar-refractivity contribution in [2.75, 3.05) is 6.54 Å². The maximum atomic E-state index is 13.3. The van der Waals surface area contributed by atoms with Crippen LogP contribution in [0, 0.1) is 17.5 Å². The predicted molar refractivity (Wildman–Crippen MR) is 63.4 cm³/mol. The average molecular weight is 267 g/mol. The Morgan fingerprint density at radius 2 is 1.95 bits per heavy atom. The molecule has 1 aliphatic rings. The maximum Gasteiger partial charge on any atom is 0.194 e. The first-order valence-electron chi connectivity index (χ1n) is 6.07. The highest BCUT2D eigenvalue weighted by molar-refractivity contribution is 5.36. The minimum atomic E-state index is -1.45. The van der Waals surface area contributed by atoms with Gasteiger partial charge in [-0.2, -0.15) is 0 Å². The second kappa shape index (κ2) is 4.70. The molecule has 0 radical (unpaired) electrons. The van der Waals surface area contributed by atoms with Crippen LogP contribution in [0.4, 0.5) is 13.2 Å². The summed E-state index contributed by atoms with van der Waals surface area (Å²) in [6, 6.07) is 2.05. The van der Waals surface area contributed by atoms with E-state index in [0.717, 1.165) is 37.2 Å². The molecule has 6 heteroatoms. The Labute approximate surface area is 108 Å². The first-order valence-corrected chi connectivity index (χ1v) is 6.07. The highest BCUT2D eigenvalue weighted by atomic mass is 19.2. The third kappa shape index (κ3) is 2.12. The van der Waals surface area contributed by atoms with Gasteiger partial charge in [0.15, 0.2) is 17.5 Å². The maximum absolute atomic E-state index is 13.3. The van der Waals surface area contributed by atoms with Crippen LogP contribution in [0.2, 0.25) is 0 Å². The van der Waals surface area contributed by atoms with Crippen LogP contribution >= 0.6 is 0 Å². The van der Waals surface area contributed by atoms with Gasteiger partial charge in [0.05, 0.1) is 23.9 Å². The van der Waals surface area contributed by atoms with Gasteiger partial charge in [-0.1, -0.05) is 0 Å². The molecule has 0 spiro atoms. The lowest BCUT2D eigenvalue weighted by Crippen LogP contribution is -2.16. The van der Waals surface area contributed by atoms with Gasteiger partial charge in [0.25, 0.3) is 0 Å². The van der Waals surface area contributed by atoms with Crippen LogP contribution in [0.15, 0.2) is 24.7 Å². The summed E-state index contributed by atoms with van der Waals surface area (Å²) < 4.78 is 41.1. The predicted octanol–water partition coefficient (Wildman–Crippen LogP) is 2.71. The zero-order chi connectivity index (χ0) is 13.4. The van der Waals surface area contributed by atoms with Gasteiger partial charge in [-0.05, 0) is 19.4 Å². The number of aromatic nitrogens is 2. The Morgan fingerprint density at radius 1 is 1.21 bits per heavy atom. The number of hydrogen-bond acceptors (Lipinski definition) is 2. The van der Waals surface area contributed by atoms with E-state index >= 15 is 0 Å². The molecule has 1 atom stereocenters. The lowest BCUT2D eigenvalue weighted by atomic mass is 10.1. The lowest BCUT2D eigenvalue weighted by Gasteiger charge is -2.14. The van der Waals surface area contributed by atoms with Gasteiger partial charge in [0, 0.05) is 18.2 Å². The van der Waals surface area contributed by atoms with Gasteiger partial charge in [0.1, 0.15) is 0 Å². The molecule has 2 aromatic rings. The molecule has 2 heterocycles. The first kappa shape index (κ1) is 12.2. The number of rotatable bonds is 2. The molecule has 1 aromatic heterocycles. The van der Waals surface area contributed by atoms with Crippen molar-refractivity contribution in [2.24, 2.45) is 0 Å². The number of hydrogen-bond donors (Lipinski definition) is 1. The van der Waals surface area contributed by atoms with E-state index in [4.69, 9.17) is 0 Å². The standard InChI is InChI=1S/C13H12F3N3/c14-9-4-8(5-10(15)13(9)16)19-7-17-6-12(19)11-2-1-3-18-11/h4-7,11,18H,1-3H2/t11-/m0/s1. The normalized spacial score (nSPS) is 19.0. The summed E-state index contributed by atoms with van der Waals surface area (Å²) in [5, 5.41) is 3.29. The van der Waals surface area contributed by atoms with Gasteiger partial charge >= 0.3 is 0 Å². The van der Waals surface area contributed by atoms with Gasteiger partial charge in [0.2, 0.25) is 0 Å². The van der Waals surface area contributed by atoms with Crippen molar-refractivity contribution in [3.05, 3.63) is 47.8 Å². The minimum absolute atomic E-state index is 0.110. The Hall–Kier alpha value is -1.82. The third-order valence-electron chi connectivity index (χ3n) is 3.33. The van der Waals surface area contributed by atoms with Crippen LogP contribution < -0.4 is 5.32 Å². The molecular weight excluding hydrogens is 255 g/mol. The first-order chi connectivity index (χ1) is 9.16. The van der Waals surface area contributed by atoms with E-state index in [2.05, 4.69) is 10.3 Å². The number of nitrogens with one attached hydrogen (secondary N) is 1. The molecule has 0 saturated carbocycles. The van der Waals surface area contributed by atoms with E-state index in [-0.39, 0.29) is 11.7 Å². The highest BCUT2D eigenvalue weighted by Crippen LogP contribution is 2.26. The van der Waals surface area contributed by atoms with Crippen molar-refractivity contribution in [3.8, 4) is 5.69 Å². The fourth-order valence-electron chi connectivity index (χ4n) is 2.40. The fourth-order valence-corrected chi connectivity index (χ4v) is 2.40. The van der Waals surface area contributed by atoms with E-state index in [1.54, 1.807) is 10.8 Å². The molecule has 3 rings (SSSR count). The van der Waals surface area contributed by atoms with Crippen LogP contribution in [0.3, 0.4) is 0 Å². The number of halogens is 3. The summed E-state index contributed by atoms with van der Waals surface area (Å²) >= 11 is 0. The smallest absolute Gasteiger partial charge is 0.194 e. The van der Waals surface area contributed by atoms with Gasteiger partial charge < -0.3 is 9.88 Å². The molecule has 0 unspecified atom stereocenters. The van der Waals surface area contributed by atoms with Crippen LogP contribution in [-0.4, -0.2) is 16.1 Å². The van der Waals surface area contributed by atoms with Crippen LogP contribution in [0.25, 0.3) is 5.69 Å². The lowest BCUT2D eigenvalue weighted by molar-refractivity contribution is 0.446. The Balaban J connectivity index is 2.05. The molecule has 0 amide bonds. The van der Waals surface area contributed by atoms with E-state index in [9.17, 15) is 13.2 Å². The summed E-state index contributed by atoms with van der Waals surface area (Å²) in [6.07, 6.45) is 5.11. The Bertz CT molecular complexity index is 580. The molecular formula is C13H12F3N3. The fraction of sp³-hybridized carbons (Fsp3) is 0.308. The molecule has 3 nitrogen and oxygen atoms in total. The van der Waals surface area contributed by atoms with Crippen molar-refractivity contribution in [3.63, 3.8) is 0 Å². The molecule has 1 N–H and O–H groups in total. The number of imidazole rings is 1. The van der Waals surface area contributed by atoms with Crippen molar-refractivity contribution >= 4 is 0 Å². The van der Waals surface area contributed by atoms with Crippen molar-refractivity contribution < 1.29 is 13.2 Å². The Morgan fingerprint density at radius 3 is 2.58 bits per heavy atom. The summed E-state index contributed by atoms with van der Waals surface area (Å²) in [7, 11) is 0. The monoisotopic (exact) mass is 267 g/mol. The molecule has 1 aliphatic heterocycles. The van der Waals surface area contributed by atoms with Crippen molar-refractivity contribution in [1.29, 1.82) is 0 Å². The second-order valence-corrected chi connectivity index (χ2v) is 4.56. The third-order valence-corrected chi connectivity index (χ3v) is 3.33. The van der Waals surface area contributed by atoms with Crippen LogP contribution in [0.5, 0.6) is 0 Å². The summed E-state index contributed by atoms with van der Waals surface area (Å²) in [5.41, 5.74) is 1.06. The highest BCUT2D eigenvalue weighted by Gasteiger charge is 2.21. The zero-order valence-corrected chi connectivity index (χ0v) is 10.0. The van der Waals surface area contributed by atoms with Crippen molar-refractivity contribution in [2.45, 2.75) is 18.9 Å². The summed E-state index contributed by atoms with van der Waals surface area (Å²) in [5.74, 6) is -3.85. The minimum Gasteiger partial charge on any atom is -0.309 e. The summed E-state index contributed by atoms with van der Waals surface area (Å²) in [4.78, 5) is 4.01. The molecule has 19 heavy (non-hydrogen) atoms. The van der Waals surface area contributed by atoms with Gasteiger partial charge in [-0.3, -0.25) is 0 Å². The van der Waals surface area contributed by atoms with E-state index in [1.807, 2.05) is 0 Å². The van der Waals surface area contributed by atoms with E-state index in [0.29, 0.717) is 0 Å². The van der Waals surface area contributed by atoms with E-state index in [1.165, 1.54) is 6.33 Å². The average Bonchev–Trinajstić information content (AvgIpc) is 3.04. The quantitative estimate of drug-likeness (QED) is 0.848.